The second-order valence-electron chi connectivity index (χ2n) is 10.5. The van der Waals surface area contributed by atoms with Gasteiger partial charge in [-0.25, -0.2) is 17.6 Å². The highest BCUT2D eigenvalue weighted by atomic mass is 35.5. The van der Waals surface area contributed by atoms with Crippen LogP contribution in [-0.2, 0) is 14.8 Å². The Balaban J connectivity index is 1.28. The van der Waals surface area contributed by atoms with E-state index in [9.17, 15) is 13.2 Å². The summed E-state index contributed by atoms with van der Waals surface area (Å²) >= 11 is 12.3. The number of nitrogens with one attached hydrogen (secondary N) is 2. The van der Waals surface area contributed by atoms with Gasteiger partial charge in [-0.05, 0) is 64.4 Å². The van der Waals surface area contributed by atoms with Crippen molar-refractivity contribution in [2.75, 3.05) is 44.1 Å². The largest absolute Gasteiger partial charge is 0.490 e. The number of aromatic nitrogens is 1. The SMILES string of the molecule is CC(C)(C)OC(=O)N1CCN(CCCCOc2cccc(S(=O)(=O)Nc3ccc(Cl)c4c(Cl)c[nH]c34)c2F)CC1. The molecule has 218 valence electrons. The molecule has 0 radical (unpaired) electrons. The van der Waals surface area contributed by atoms with E-state index < -0.39 is 26.3 Å². The van der Waals surface area contributed by atoms with Crippen molar-refractivity contribution in [2.45, 2.75) is 44.1 Å². The Kier molecular flexibility index (Phi) is 9.39. The first-order valence-corrected chi connectivity index (χ1v) is 15.2. The summed E-state index contributed by atoms with van der Waals surface area (Å²) in [5, 5.41) is 1.16. The maximum atomic E-state index is 15.2. The lowest BCUT2D eigenvalue weighted by Crippen LogP contribution is -2.50. The number of amides is 1. The summed E-state index contributed by atoms with van der Waals surface area (Å²) in [4.78, 5) is 18.5. The van der Waals surface area contributed by atoms with E-state index in [4.69, 9.17) is 32.7 Å². The summed E-state index contributed by atoms with van der Waals surface area (Å²) in [6, 6.07) is 6.99. The second kappa shape index (κ2) is 12.4. The first-order chi connectivity index (χ1) is 18.9. The summed E-state index contributed by atoms with van der Waals surface area (Å²) in [6.45, 7) is 9.27. The molecule has 0 atom stereocenters. The molecule has 0 aliphatic carbocycles. The number of hydrogen-bond acceptors (Lipinski definition) is 6. The molecule has 1 amide bonds. The van der Waals surface area contributed by atoms with Gasteiger partial charge in [0.05, 0.1) is 27.9 Å². The number of anilines is 1. The molecule has 1 aliphatic heterocycles. The summed E-state index contributed by atoms with van der Waals surface area (Å²) in [7, 11) is -4.29. The number of halogens is 3. The molecular formula is C27H33Cl2FN4O5S. The third kappa shape index (κ3) is 7.31. The van der Waals surface area contributed by atoms with Crippen molar-refractivity contribution in [2.24, 2.45) is 0 Å². The van der Waals surface area contributed by atoms with Crippen LogP contribution >= 0.6 is 23.2 Å². The third-order valence-electron chi connectivity index (χ3n) is 6.35. The fraction of sp³-hybridized carbons (Fsp3) is 0.444. The Morgan fingerprint density at radius 1 is 1.07 bits per heavy atom. The second-order valence-corrected chi connectivity index (χ2v) is 13.0. The zero-order valence-corrected chi connectivity index (χ0v) is 24.9. The normalized spacial score (nSPS) is 14.9. The summed E-state index contributed by atoms with van der Waals surface area (Å²) in [6.07, 6.45) is 2.66. The highest BCUT2D eigenvalue weighted by Gasteiger charge is 2.26. The number of sulfonamides is 1. The van der Waals surface area contributed by atoms with E-state index >= 15 is 4.39 Å². The molecular weight excluding hydrogens is 582 g/mol. The predicted molar refractivity (Wildman–Crippen MR) is 155 cm³/mol. The Morgan fingerprint density at radius 3 is 2.50 bits per heavy atom. The summed E-state index contributed by atoms with van der Waals surface area (Å²) < 4.78 is 54.8. The lowest BCUT2D eigenvalue weighted by Gasteiger charge is -2.35. The van der Waals surface area contributed by atoms with Gasteiger partial charge in [-0.1, -0.05) is 29.3 Å². The van der Waals surface area contributed by atoms with E-state index in [-0.39, 0.29) is 24.1 Å². The molecule has 1 saturated heterocycles. The zero-order valence-electron chi connectivity index (χ0n) is 22.6. The van der Waals surface area contributed by atoms with Crippen LogP contribution in [0, 0.1) is 5.82 Å². The number of nitrogens with zero attached hydrogens (tertiary/aromatic N) is 2. The van der Waals surface area contributed by atoms with Gasteiger partial charge in [-0.15, -0.1) is 0 Å². The average Bonchev–Trinajstić information content (AvgIpc) is 3.28. The van der Waals surface area contributed by atoms with Crippen LogP contribution in [0.4, 0.5) is 14.9 Å². The van der Waals surface area contributed by atoms with Gasteiger partial charge in [0.1, 0.15) is 10.5 Å². The number of carbonyl (C=O) groups excluding carboxylic acids is 1. The smallest absolute Gasteiger partial charge is 0.410 e. The number of H-pyrrole nitrogens is 1. The molecule has 0 unspecified atom stereocenters. The van der Waals surface area contributed by atoms with Gasteiger partial charge in [0, 0.05) is 37.8 Å². The first kappa shape index (κ1) is 30.2. The molecule has 13 heteroatoms. The van der Waals surface area contributed by atoms with Crippen molar-refractivity contribution in [1.29, 1.82) is 0 Å². The fourth-order valence-corrected chi connectivity index (χ4v) is 6.09. The number of carbonyl (C=O) groups is 1. The Hall–Kier alpha value is -2.73. The monoisotopic (exact) mass is 614 g/mol. The summed E-state index contributed by atoms with van der Waals surface area (Å²) in [5.74, 6) is -1.11. The number of ether oxygens (including phenoxy) is 2. The quantitative estimate of drug-likeness (QED) is 0.281. The molecule has 3 aromatic rings. The number of aromatic amines is 1. The molecule has 0 saturated carbocycles. The Bertz CT molecular complexity index is 1470. The van der Waals surface area contributed by atoms with Crippen LogP contribution in [0.25, 0.3) is 10.9 Å². The number of unbranched alkanes of at least 4 members (excludes halogenated alkanes) is 1. The van der Waals surface area contributed by atoms with Gasteiger partial charge in [-0.2, -0.15) is 0 Å². The van der Waals surface area contributed by atoms with Gasteiger partial charge >= 0.3 is 6.09 Å². The Morgan fingerprint density at radius 2 is 1.80 bits per heavy atom. The van der Waals surface area contributed by atoms with Crippen molar-refractivity contribution in [3.05, 3.63) is 52.4 Å². The molecule has 2 heterocycles. The molecule has 2 aromatic carbocycles. The molecule has 0 bridgehead atoms. The van der Waals surface area contributed by atoms with E-state index in [1.54, 1.807) is 4.90 Å². The van der Waals surface area contributed by atoms with Crippen LogP contribution < -0.4 is 9.46 Å². The lowest BCUT2D eigenvalue weighted by molar-refractivity contribution is 0.0143. The molecule has 1 aliphatic rings. The minimum atomic E-state index is -4.29. The van der Waals surface area contributed by atoms with E-state index in [0.29, 0.717) is 40.5 Å². The maximum absolute atomic E-state index is 15.2. The van der Waals surface area contributed by atoms with Crippen LogP contribution in [0.5, 0.6) is 5.75 Å². The summed E-state index contributed by atoms with van der Waals surface area (Å²) in [5.41, 5.74) is 0.0540. The van der Waals surface area contributed by atoms with Crippen LogP contribution in [-0.4, -0.2) is 74.2 Å². The van der Waals surface area contributed by atoms with E-state index in [1.165, 1.54) is 36.5 Å². The average molecular weight is 616 g/mol. The minimum absolute atomic E-state index is 0.141. The van der Waals surface area contributed by atoms with Crippen LogP contribution in [0.15, 0.2) is 41.4 Å². The number of benzene rings is 2. The standard InChI is InChI=1S/C27H33Cl2FN4O5S/c1-27(2,3)39-26(35)34-14-12-33(13-15-34)11-4-5-16-38-21-7-6-8-22(24(21)30)40(36,37)32-20-10-9-18(28)23-19(29)17-31-25(20)23/h6-10,17,31-32H,4-5,11-16H2,1-3H3. The third-order valence-corrected chi connectivity index (χ3v) is 8.34. The molecule has 0 spiro atoms. The molecule has 2 N–H and O–H groups in total. The van der Waals surface area contributed by atoms with Crippen LogP contribution in [0.3, 0.4) is 0 Å². The van der Waals surface area contributed by atoms with Gasteiger partial charge in [0.25, 0.3) is 10.0 Å². The maximum Gasteiger partial charge on any atom is 0.410 e. The lowest BCUT2D eigenvalue weighted by atomic mass is 10.2. The number of piperazine rings is 1. The van der Waals surface area contributed by atoms with Gasteiger partial charge < -0.3 is 19.4 Å². The molecule has 1 fully saturated rings. The minimum Gasteiger partial charge on any atom is -0.490 e. The van der Waals surface area contributed by atoms with Crippen molar-refractivity contribution in [3.63, 3.8) is 0 Å². The van der Waals surface area contributed by atoms with Crippen molar-refractivity contribution >= 4 is 55.9 Å². The van der Waals surface area contributed by atoms with Gasteiger partial charge in [-0.3, -0.25) is 9.62 Å². The number of rotatable bonds is 9. The highest BCUT2D eigenvalue weighted by Crippen LogP contribution is 2.36. The zero-order chi connectivity index (χ0) is 29.1. The molecule has 4 rings (SSSR count). The van der Waals surface area contributed by atoms with Gasteiger partial charge in [0.15, 0.2) is 11.6 Å². The van der Waals surface area contributed by atoms with E-state index in [0.717, 1.165) is 26.1 Å². The van der Waals surface area contributed by atoms with Crippen molar-refractivity contribution in [1.82, 2.24) is 14.8 Å². The first-order valence-electron chi connectivity index (χ1n) is 13.0. The molecule has 9 nitrogen and oxygen atoms in total. The van der Waals surface area contributed by atoms with Crippen LogP contribution in [0.2, 0.25) is 10.0 Å². The van der Waals surface area contributed by atoms with Crippen molar-refractivity contribution < 1.29 is 27.1 Å². The van der Waals surface area contributed by atoms with E-state index in [1.807, 2.05) is 20.8 Å². The number of fused-ring (bicyclic) bond motifs is 1. The van der Waals surface area contributed by atoms with Crippen molar-refractivity contribution in [3.8, 4) is 5.75 Å². The van der Waals surface area contributed by atoms with E-state index in [2.05, 4.69) is 14.6 Å². The fourth-order valence-electron chi connectivity index (χ4n) is 4.36. The molecule has 40 heavy (non-hydrogen) atoms. The number of hydrogen-bond donors (Lipinski definition) is 2. The molecule has 1 aromatic heterocycles. The predicted octanol–water partition coefficient (Wildman–Crippen LogP) is 6.13. The van der Waals surface area contributed by atoms with Crippen LogP contribution in [0.1, 0.15) is 33.6 Å². The Labute approximate surface area is 243 Å². The van der Waals surface area contributed by atoms with Gasteiger partial charge in [0.2, 0.25) is 0 Å². The highest BCUT2D eigenvalue weighted by molar-refractivity contribution is 7.92. The topological polar surface area (TPSA) is 104 Å².